The zero-order chi connectivity index (χ0) is 17.6. The molecule has 1 aliphatic rings. The van der Waals surface area contributed by atoms with Crippen LogP contribution in [0.15, 0.2) is 23.5 Å². The van der Waals surface area contributed by atoms with Crippen LogP contribution in [0, 0.1) is 0 Å². The molecule has 0 radical (unpaired) electrons. The zero-order valence-corrected chi connectivity index (χ0v) is 15.0. The summed E-state index contributed by atoms with van der Waals surface area (Å²) in [6, 6.07) is 3.99. The summed E-state index contributed by atoms with van der Waals surface area (Å²) in [7, 11) is 0. The Morgan fingerprint density at radius 1 is 1.44 bits per heavy atom. The van der Waals surface area contributed by atoms with Crippen molar-refractivity contribution in [2.45, 2.75) is 31.1 Å². The van der Waals surface area contributed by atoms with Crippen molar-refractivity contribution in [1.82, 2.24) is 25.1 Å². The molecule has 8 nitrogen and oxygen atoms in total. The summed E-state index contributed by atoms with van der Waals surface area (Å²) in [5.74, 6) is 0.865. The van der Waals surface area contributed by atoms with Gasteiger partial charge < -0.3 is 15.3 Å². The van der Waals surface area contributed by atoms with Gasteiger partial charge in [0.05, 0.1) is 31.1 Å². The molecule has 1 aliphatic heterocycles. The number of aromatic nitrogens is 4. The molecule has 0 fully saturated rings. The Balaban J connectivity index is 1.62. The summed E-state index contributed by atoms with van der Waals surface area (Å²) in [6.45, 7) is 2.64. The maximum atomic E-state index is 11.6. The first-order valence-electron chi connectivity index (χ1n) is 8.24. The fourth-order valence-electron chi connectivity index (χ4n) is 2.78. The van der Waals surface area contributed by atoms with Gasteiger partial charge in [-0.3, -0.25) is 9.48 Å². The van der Waals surface area contributed by atoms with Crippen LogP contribution in [0.5, 0.6) is 0 Å². The van der Waals surface area contributed by atoms with E-state index in [0.29, 0.717) is 19.4 Å². The molecule has 25 heavy (non-hydrogen) atoms. The molecular weight excluding hydrogens is 340 g/mol. The summed E-state index contributed by atoms with van der Waals surface area (Å²) in [5.41, 5.74) is 2.05. The van der Waals surface area contributed by atoms with Crippen molar-refractivity contribution < 1.29 is 9.90 Å². The molecule has 0 saturated heterocycles. The monoisotopic (exact) mass is 362 g/mol. The van der Waals surface area contributed by atoms with Crippen LogP contribution in [0.1, 0.15) is 17.8 Å². The minimum absolute atomic E-state index is 0.0400. The molecule has 0 unspecified atom stereocenters. The van der Waals surface area contributed by atoms with Crippen molar-refractivity contribution in [1.29, 1.82) is 0 Å². The van der Waals surface area contributed by atoms with Gasteiger partial charge in [-0.1, -0.05) is 11.8 Å². The van der Waals surface area contributed by atoms with Crippen LogP contribution in [-0.2, 0) is 24.3 Å². The van der Waals surface area contributed by atoms with E-state index < -0.39 is 0 Å². The van der Waals surface area contributed by atoms with Gasteiger partial charge in [-0.15, -0.1) is 0 Å². The van der Waals surface area contributed by atoms with Crippen molar-refractivity contribution in [2.24, 2.45) is 0 Å². The molecule has 9 heteroatoms. The summed E-state index contributed by atoms with van der Waals surface area (Å²) >= 11 is 1.53. The number of nitrogens with one attached hydrogen (secondary N) is 1. The van der Waals surface area contributed by atoms with E-state index in [1.54, 1.807) is 6.20 Å². The Bertz CT molecular complexity index is 735. The van der Waals surface area contributed by atoms with Gasteiger partial charge in [0.15, 0.2) is 5.16 Å². The van der Waals surface area contributed by atoms with Crippen LogP contribution in [-0.4, -0.2) is 56.7 Å². The SMILES string of the molecule is CSc1nccc(N2CCn3nc(CCC(=O)NCCO)cc3C2)n1. The Labute approximate surface area is 150 Å². The lowest BCUT2D eigenvalue weighted by Gasteiger charge is -2.28. The second-order valence-corrected chi connectivity index (χ2v) is 6.52. The summed E-state index contributed by atoms with van der Waals surface area (Å²) < 4.78 is 2.01. The Kier molecular flexibility index (Phi) is 5.87. The number of rotatable bonds is 7. The van der Waals surface area contributed by atoms with Gasteiger partial charge in [0, 0.05) is 32.1 Å². The van der Waals surface area contributed by atoms with Gasteiger partial charge in [0.25, 0.3) is 0 Å². The van der Waals surface area contributed by atoms with E-state index in [1.165, 1.54) is 11.8 Å². The Morgan fingerprint density at radius 3 is 3.12 bits per heavy atom. The fourth-order valence-corrected chi connectivity index (χ4v) is 3.13. The van der Waals surface area contributed by atoms with Gasteiger partial charge in [0.2, 0.25) is 5.91 Å². The first-order chi connectivity index (χ1) is 12.2. The molecule has 2 aromatic heterocycles. The molecule has 0 atom stereocenters. The number of hydrogen-bond acceptors (Lipinski definition) is 7. The zero-order valence-electron chi connectivity index (χ0n) is 14.2. The normalized spacial score (nSPS) is 13.6. The lowest BCUT2D eigenvalue weighted by atomic mass is 10.2. The third-order valence-electron chi connectivity index (χ3n) is 4.02. The van der Waals surface area contributed by atoms with Gasteiger partial charge in [-0.05, 0) is 18.4 Å². The topological polar surface area (TPSA) is 96.2 Å². The largest absolute Gasteiger partial charge is 0.395 e. The molecule has 134 valence electrons. The van der Waals surface area contributed by atoms with Crippen molar-refractivity contribution in [3.63, 3.8) is 0 Å². The number of nitrogens with zero attached hydrogens (tertiary/aromatic N) is 5. The smallest absolute Gasteiger partial charge is 0.220 e. The van der Waals surface area contributed by atoms with Crippen LogP contribution in [0.2, 0.25) is 0 Å². The molecule has 1 amide bonds. The number of aliphatic hydroxyl groups excluding tert-OH is 1. The number of aryl methyl sites for hydroxylation is 1. The Morgan fingerprint density at radius 2 is 2.32 bits per heavy atom. The highest BCUT2D eigenvalue weighted by atomic mass is 32.2. The molecule has 3 rings (SSSR count). The van der Waals surface area contributed by atoms with Gasteiger partial charge in [-0.2, -0.15) is 5.10 Å². The van der Waals surface area contributed by atoms with Crippen molar-refractivity contribution in [3.05, 3.63) is 29.7 Å². The Hall–Kier alpha value is -2.13. The van der Waals surface area contributed by atoms with Crippen LogP contribution < -0.4 is 10.2 Å². The quantitative estimate of drug-likeness (QED) is 0.545. The number of aliphatic hydroxyl groups is 1. The van der Waals surface area contributed by atoms with Crippen LogP contribution >= 0.6 is 11.8 Å². The maximum absolute atomic E-state index is 11.6. The lowest BCUT2D eigenvalue weighted by molar-refractivity contribution is -0.121. The maximum Gasteiger partial charge on any atom is 0.220 e. The number of amides is 1. The fraction of sp³-hybridized carbons (Fsp3) is 0.500. The summed E-state index contributed by atoms with van der Waals surface area (Å²) in [5, 5.41) is 16.7. The highest BCUT2D eigenvalue weighted by Crippen LogP contribution is 2.21. The van der Waals surface area contributed by atoms with Gasteiger partial charge >= 0.3 is 0 Å². The number of thioether (sulfide) groups is 1. The van der Waals surface area contributed by atoms with E-state index in [-0.39, 0.29) is 12.5 Å². The van der Waals surface area contributed by atoms with E-state index in [4.69, 9.17) is 5.11 Å². The minimum atomic E-state index is -0.0628. The standard InChI is InChI=1S/C16H22N6O2S/c1-25-16-18-5-4-14(19-16)21-7-8-22-13(11-21)10-12(20-22)2-3-15(24)17-6-9-23/h4-5,10,23H,2-3,6-9,11H2,1H3,(H,17,24). The van der Waals surface area contributed by atoms with Crippen LogP contribution in [0.25, 0.3) is 0 Å². The van der Waals surface area contributed by atoms with E-state index >= 15 is 0 Å². The number of carbonyl (C=O) groups is 1. The summed E-state index contributed by atoms with van der Waals surface area (Å²) in [4.78, 5) is 22.6. The first-order valence-corrected chi connectivity index (χ1v) is 9.47. The molecule has 3 heterocycles. The third kappa shape index (κ3) is 4.49. The first kappa shape index (κ1) is 17.7. The minimum Gasteiger partial charge on any atom is -0.395 e. The number of hydrogen-bond donors (Lipinski definition) is 2. The lowest BCUT2D eigenvalue weighted by Crippen LogP contribution is -2.34. The second kappa shape index (κ2) is 8.30. The molecular formula is C16H22N6O2S. The van der Waals surface area contributed by atoms with E-state index in [2.05, 4.69) is 31.3 Å². The molecule has 0 spiro atoms. The third-order valence-corrected chi connectivity index (χ3v) is 4.58. The molecule has 0 saturated carbocycles. The molecule has 2 N–H and O–H groups in total. The van der Waals surface area contributed by atoms with Crippen LogP contribution in [0.3, 0.4) is 0 Å². The molecule has 0 aliphatic carbocycles. The predicted molar refractivity (Wildman–Crippen MR) is 95.5 cm³/mol. The van der Waals surface area contributed by atoms with E-state index in [0.717, 1.165) is 42.0 Å². The van der Waals surface area contributed by atoms with Crippen molar-refractivity contribution in [3.8, 4) is 0 Å². The second-order valence-electron chi connectivity index (χ2n) is 5.75. The number of fused-ring (bicyclic) bond motifs is 1. The van der Waals surface area contributed by atoms with Crippen molar-refractivity contribution in [2.75, 3.05) is 30.9 Å². The predicted octanol–water partition coefficient (Wildman–Crippen LogP) is 0.456. The molecule has 2 aromatic rings. The number of anilines is 1. The molecule has 0 bridgehead atoms. The average molecular weight is 362 g/mol. The average Bonchev–Trinajstić information content (AvgIpc) is 3.06. The van der Waals surface area contributed by atoms with Crippen molar-refractivity contribution >= 4 is 23.5 Å². The van der Waals surface area contributed by atoms with Gasteiger partial charge in [0.1, 0.15) is 5.82 Å². The van der Waals surface area contributed by atoms with E-state index in [1.807, 2.05) is 17.0 Å². The van der Waals surface area contributed by atoms with Gasteiger partial charge in [-0.25, -0.2) is 9.97 Å². The van der Waals surface area contributed by atoms with E-state index in [9.17, 15) is 4.79 Å². The molecule has 0 aromatic carbocycles. The highest BCUT2D eigenvalue weighted by molar-refractivity contribution is 7.98. The summed E-state index contributed by atoms with van der Waals surface area (Å²) in [6.07, 6.45) is 4.73. The highest BCUT2D eigenvalue weighted by Gasteiger charge is 2.20. The number of carbonyl (C=O) groups excluding carboxylic acids is 1. The van der Waals surface area contributed by atoms with Crippen LogP contribution in [0.4, 0.5) is 5.82 Å².